The Morgan fingerprint density at radius 2 is 1.85 bits per heavy atom. The quantitative estimate of drug-likeness (QED) is 0.809. The molecule has 1 aromatic heterocycles. The molecule has 1 saturated heterocycles. The number of carbonyl (C=O) groups excluding carboxylic acids is 1. The third kappa shape index (κ3) is 3.82. The van der Waals surface area contributed by atoms with Crippen molar-refractivity contribution in [3.63, 3.8) is 0 Å². The van der Waals surface area contributed by atoms with E-state index in [9.17, 15) is 4.79 Å². The van der Waals surface area contributed by atoms with Crippen LogP contribution in [0.2, 0.25) is 0 Å². The fourth-order valence-corrected chi connectivity index (χ4v) is 4.00. The number of unbranched alkanes of at least 4 members (excludes halogenated alkanes) is 1. The van der Waals surface area contributed by atoms with Gasteiger partial charge in [-0.15, -0.1) is 0 Å². The van der Waals surface area contributed by atoms with Crippen LogP contribution in [-0.4, -0.2) is 40.4 Å². The zero-order chi connectivity index (χ0) is 18.6. The maximum Gasteiger partial charge on any atom is 0.222 e. The minimum Gasteiger partial charge on any atom is -0.356 e. The lowest BCUT2D eigenvalue weighted by atomic mass is 10.0. The SMILES string of the molecule is CCCCC(=O)N1CCc2nc(-c3ccccc3)nc(N3CCCC3)c2C1. The van der Waals surface area contributed by atoms with E-state index in [1.54, 1.807) is 0 Å². The Bertz CT molecular complexity index is 799. The molecule has 0 bridgehead atoms. The van der Waals surface area contributed by atoms with Gasteiger partial charge in [0.25, 0.3) is 0 Å². The third-order valence-electron chi connectivity index (χ3n) is 5.57. The van der Waals surface area contributed by atoms with Crippen molar-refractivity contribution in [1.29, 1.82) is 0 Å². The monoisotopic (exact) mass is 364 g/mol. The summed E-state index contributed by atoms with van der Waals surface area (Å²) in [6.45, 7) is 5.63. The van der Waals surface area contributed by atoms with Gasteiger partial charge in [-0.2, -0.15) is 0 Å². The molecule has 1 fully saturated rings. The Labute approximate surface area is 161 Å². The molecule has 0 unspecified atom stereocenters. The van der Waals surface area contributed by atoms with Crippen LogP contribution >= 0.6 is 0 Å². The van der Waals surface area contributed by atoms with Crippen molar-refractivity contribution >= 4 is 11.7 Å². The Kier molecular flexibility index (Phi) is 5.37. The largest absolute Gasteiger partial charge is 0.356 e. The predicted molar refractivity (Wildman–Crippen MR) is 108 cm³/mol. The fourth-order valence-electron chi connectivity index (χ4n) is 4.00. The van der Waals surface area contributed by atoms with Crippen molar-refractivity contribution in [3.8, 4) is 11.4 Å². The molecule has 0 saturated carbocycles. The summed E-state index contributed by atoms with van der Waals surface area (Å²) in [5, 5.41) is 0. The van der Waals surface area contributed by atoms with Crippen molar-refractivity contribution < 1.29 is 4.79 Å². The molecular formula is C22H28N4O. The maximum absolute atomic E-state index is 12.6. The van der Waals surface area contributed by atoms with Crippen LogP contribution in [0.25, 0.3) is 11.4 Å². The van der Waals surface area contributed by atoms with Crippen LogP contribution < -0.4 is 4.90 Å². The average Bonchev–Trinajstić information content (AvgIpc) is 3.26. The van der Waals surface area contributed by atoms with Gasteiger partial charge in [-0.25, -0.2) is 9.97 Å². The summed E-state index contributed by atoms with van der Waals surface area (Å²) in [6.07, 6.45) is 5.89. The summed E-state index contributed by atoms with van der Waals surface area (Å²) < 4.78 is 0. The van der Waals surface area contributed by atoms with Crippen LogP contribution in [-0.2, 0) is 17.8 Å². The molecule has 2 aliphatic heterocycles. The lowest BCUT2D eigenvalue weighted by Crippen LogP contribution is -2.37. The summed E-state index contributed by atoms with van der Waals surface area (Å²) in [4.78, 5) is 26.8. The number of anilines is 1. The molecule has 4 rings (SSSR count). The second-order valence-electron chi connectivity index (χ2n) is 7.53. The van der Waals surface area contributed by atoms with E-state index in [0.29, 0.717) is 13.0 Å². The van der Waals surface area contributed by atoms with Gasteiger partial charge in [-0.05, 0) is 19.3 Å². The van der Waals surface area contributed by atoms with Gasteiger partial charge in [-0.1, -0.05) is 43.7 Å². The Morgan fingerprint density at radius 3 is 2.59 bits per heavy atom. The highest BCUT2D eigenvalue weighted by Crippen LogP contribution is 2.31. The standard InChI is InChI=1S/C22H28N4O/c1-2-3-11-20(27)26-15-12-19-18(16-26)22(25-13-7-8-14-25)24-21(23-19)17-9-5-4-6-10-17/h4-6,9-10H,2-3,7-8,11-16H2,1H3. The van der Waals surface area contributed by atoms with Crippen LogP contribution in [0, 0.1) is 0 Å². The number of nitrogens with zero attached hydrogens (tertiary/aromatic N) is 4. The molecule has 0 atom stereocenters. The molecule has 3 heterocycles. The molecule has 27 heavy (non-hydrogen) atoms. The summed E-state index contributed by atoms with van der Waals surface area (Å²) in [7, 11) is 0. The summed E-state index contributed by atoms with van der Waals surface area (Å²) in [6, 6.07) is 10.2. The average molecular weight is 364 g/mol. The van der Waals surface area contributed by atoms with Crippen LogP contribution in [0.3, 0.4) is 0 Å². The third-order valence-corrected chi connectivity index (χ3v) is 5.57. The van der Waals surface area contributed by atoms with E-state index in [1.807, 2.05) is 23.1 Å². The molecular weight excluding hydrogens is 336 g/mol. The molecule has 2 aliphatic rings. The van der Waals surface area contributed by atoms with Crippen molar-refractivity contribution in [2.75, 3.05) is 24.5 Å². The minimum absolute atomic E-state index is 0.266. The van der Waals surface area contributed by atoms with Gasteiger partial charge >= 0.3 is 0 Å². The molecule has 1 aromatic carbocycles. The van der Waals surface area contributed by atoms with Crippen molar-refractivity contribution in [2.24, 2.45) is 0 Å². The zero-order valence-electron chi connectivity index (χ0n) is 16.2. The number of fused-ring (bicyclic) bond motifs is 1. The van der Waals surface area contributed by atoms with E-state index in [-0.39, 0.29) is 5.91 Å². The van der Waals surface area contributed by atoms with Crippen LogP contribution in [0.4, 0.5) is 5.82 Å². The first-order chi connectivity index (χ1) is 13.3. The number of benzene rings is 1. The van der Waals surface area contributed by atoms with Crippen molar-refractivity contribution in [1.82, 2.24) is 14.9 Å². The number of hydrogen-bond donors (Lipinski definition) is 0. The van der Waals surface area contributed by atoms with Crippen molar-refractivity contribution in [3.05, 3.63) is 41.6 Å². The zero-order valence-corrected chi connectivity index (χ0v) is 16.2. The molecule has 1 amide bonds. The van der Waals surface area contributed by atoms with Gasteiger partial charge in [0.1, 0.15) is 5.82 Å². The fraction of sp³-hybridized carbons (Fsp3) is 0.500. The lowest BCUT2D eigenvalue weighted by Gasteiger charge is -2.32. The topological polar surface area (TPSA) is 49.3 Å². The van der Waals surface area contributed by atoms with Crippen LogP contribution in [0.15, 0.2) is 30.3 Å². The van der Waals surface area contributed by atoms with Crippen LogP contribution in [0.1, 0.15) is 50.3 Å². The smallest absolute Gasteiger partial charge is 0.222 e. The number of amides is 1. The molecule has 0 N–H and O–H groups in total. The molecule has 0 radical (unpaired) electrons. The highest BCUT2D eigenvalue weighted by Gasteiger charge is 2.28. The van der Waals surface area contributed by atoms with Crippen molar-refractivity contribution in [2.45, 2.75) is 52.0 Å². The molecule has 5 heteroatoms. The normalized spacial score (nSPS) is 16.5. The number of aromatic nitrogens is 2. The lowest BCUT2D eigenvalue weighted by molar-refractivity contribution is -0.132. The van der Waals surface area contributed by atoms with E-state index in [0.717, 1.165) is 67.4 Å². The second-order valence-corrected chi connectivity index (χ2v) is 7.53. The number of rotatable bonds is 5. The molecule has 0 aliphatic carbocycles. The first-order valence-corrected chi connectivity index (χ1v) is 10.2. The molecule has 0 spiro atoms. The van der Waals surface area contributed by atoms with E-state index < -0.39 is 0 Å². The van der Waals surface area contributed by atoms with E-state index in [1.165, 1.54) is 12.8 Å². The van der Waals surface area contributed by atoms with E-state index in [2.05, 4.69) is 24.0 Å². The molecule has 2 aromatic rings. The van der Waals surface area contributed by atoms with E-state index >= 15 is 0 Å². The number of hydrogen-bond acceptors (Lipinski definition) is 4. The highest BCUT2D eigenvalue weighted by atomic mass is 16.2. The first kappa shape index (κ1) is 18.0. The van der Waals surface area contributed by atoms with Gasteiger partial charge in [0.05, 0.1) is 12.2 Å². The minimum atomic E-state index is 0.266. The highest BCUT2D eigenvalue weighted by molar-refractivity contribution is 5.77. The molecule has 5 nitrogen and oxygen atoms in total. The Morgan fingerprint density at radius 1 is 1.07 bits per heavy atom. The van der Waals surface area contributed by atoms with Gasteiger partial charge in [0.15, 0.2) is 5.82 Å². The Hall–Kier alpha value is -2.43. The summed E-state index contributed by atoms with van der Waals surface area (Å²) in [5.74, 6) is 2.12. The second kappa shape index (κ2) is 8.07. The first-order valence-electron chi connectivity index (χ1n) is 10.2. The summed E-state index contributed by atoms with van der Waals surface area (Å²) >= 11 is 0. The van der Waals surface area contributed by atoms with Gasteiger partial charge < -0.3 is 9.80 Å². The predicted octanol–water partition coefficient (Wildman–Crippen LogP) is 3.82. The Balaban J connectivity index is 1.68. The van der Waals surface area contributed by atoms with E-state index in [4.69, 9.17) is 9.97 Å². The van der Waals surface area contributed by atoms with Gasteiger partial charge in [-0.3, -0.25) is 4.79 Å². The van der Waals surface area contributed by atoms with Gasteiger partial charge in [0.2, 0.25) is 5.91 Å². The van der Waals surface area contributed by atoms with Crippen LogP contribution in [0.5, 0.6) is 0 Å². The maximum atomic E-state index is 12.6. The van der Waals surface area contributed by atoms with Gasteiger partial charge in [0, 0.05) is 43.6 Å². The number of carbonyl (C=O) groups is 1. The molecule has 142 valence electrons. The summed E-state index contributed by atoms with van der Waals surface area (Å²) in [5.41, 5.74) is 3.33.